The molecule has 10 nitrogen and oxygen atoms in total. The van der Waals surface area contributed by atoms with Gasteiger partial charge in [-0.2, -0.15) is 0 Å². The Morgan fingerprint density at radius 2 is 1.60 bits per heavy atom. The molecule has 2 heterocycles. The molecule has 2 aliphatic carbocycles. The molecule has 2 fully saturated rings. The van der Waals surface area contributed by atoms with Crippen LogP contribution in [0.25, 0.3) is 0 Å². The van der Waals surface area contributed by atoms with Crippen molar-refractivity contribution in [3.8, 4) is 0 Å². The molecule has 2 aliphatic heterocycles. The van der Waals surface area contributed by atoms with Gasteiger partial charge in [-0.25, -0.2) is 0 Å². The molecule has 0 spiro atoms. The molecule has 4 unspecified atom stereocenters. The van der Waals surface area contributed by atoms with Crippen LogP contribution >= 0.6 is 0 Å². The van der Waals surface area contributed by atoms with Crippen LogP contribution in [-0.4, -0.2) is 72.0 Å². The Labute approximate surface area is 173 Å². The highest BCUT2D eigenvalue weighted by Gasteiger charge is 2.59. The molecule has 164 valence electrons. The highest BCUT2D eigenvalue weighted by atomic mass is 16.7. The molecule has 2 bridgehead atoms. The lowest BCUT2D eigenvalue weighted by Crippen LogP contribution is -2.64. The number of aliphatic hydroxyl groups is 1. The van der Waals surface area contributed by atoms with E-state index in [1.165, 1.54) is 20.8 Å². The number of esters is 3. The monoisotopic (exact) mass is 423 g/mol. The maximum atomic E-state index is 11.9. The largest absolute Gasteiger partial charge is 0.456 e. The normalized spacial score (nSPS) is 40.9. The Balaban J connectivity index is 1.69. The number of carbonyl (C=O) groups is 3. The van der Waals surface area contributed by atoms with Gasteiger partial charge in [-0.05, 0) is 12.3 Å². The van der Waals surface area contributed by atoms with E-state index in [9.17, 15) is 19.5 Å². The number of hydrogen-bond donors (Lipinski definition) is 1. The molecule has 1 saturated carbocycles. The van der Waals surface area contributed by atoms with E-state index in [1.807, 2.05) is 0 Å². The lowest BCUT2D eigenvalue weighted by molar-refractivity contribution is -0.240. The molecular weight excluding hydrogens is 398 g/mol. The van der Waals surface area contributed by atoms with Crippen LogP contribution in [0.2, 0.25) is 0 Å². The van der Waals surface area contributed by atoms with Crippen molar-refractivity contribution in [2.45, 2.75) is 63.8 Å². The van der Waals surface area contributed by atoms with E-state index >= 15 is 0 Å². The summed E-state index contributed by atoms with van der Waals surface area (Å²) in [5.41, 5.74) is 0.542. The van der Waals surface area contributed by atoms with Gasteiger partial charge in [-0.3, -0.25) is 14.4 Å². The first-order valence-electron chi connectivity index (χ1n) is 10.00. The number of oxime groups is 1. The van der Waals surface area contributed by atoms with Crippen molar-refractivity contribution >= 4 is 23.6 Å². The fourth-order valence-electron chi connectivity index (χ4n) is 5.01. The van der Waals surface area contributed by atoms with Gasteiger partial charge in [-0.1, -0.05) is 17.3 Å². The van der Waals surface area contributed by atoms with E-state index in [0.717, 1.165) is 6.42 Å². The lowest BCUT2D eigenvalue weighted by Gasteiger charge is -2.44. The Morgan fingerprint density at radius 3 is 2.23 bits per heavy atom. The number of allylic oxidation sites excluding steroid dienone is 1. The van der Waals surface area contributed by atoms with Crippen LogP contribution < -0.4 is 0 Å². The average Bonchev–Trinajstić information content (AvgIpc) is 3.37. The summed E-state index contributed by atoms with van der Waals surface area (Å²) in [6.07, 6.45) is -0.343. The van der Waals surface area contributed by atoms with E-state index in [2.05, 4.69) is 17.3 Å². The topological polar surface area (TPSA) is 130 Å². The molecule has 4 aliphatic rings. The molecule has 0 amide bonds. The second-order valence-corrected chi connectivity index (χ2v) is 8.06. The van der Waals surface area contributed by atoms with Gasteiger partial charge in [0.2, 0.25) is 0 Å². The zero-order chi connectivity index (χ0) is 21.6. The SMILES string of the molecule is CC(=O)O[C@H]1[C@H](OC(C)=O)[C@@H](CO)O[C@@H](C2=NOC3C4C=CC(C4)C23)[C@H]1OC(C)=O. The summed E-state index contributed by atoms with van der Waals surface area (Å²) < 4.78 is 22.2. The molecule has 0 aromatic heterocycles. The molecule has 1 N–H and O–H groups in total. The minimum absolute atomic E-state index is 0.0642. The minimum atomic E-state index is -1.18. The van der Waals surface area contributed by atoms with Crippen LogP contribution in [-0.2, 0) is 38.2 Å². The van der Waals surface area contributed by atoms with Gasteiger partial charge in [0.15, 0.2) is 18.3 Å². The molecular formula is C20H25NO9. The Morgan fingerprint density at radius 1 is 1.00 bits per heavy atom. The van der Waals surface area contributed by atoms with Crippen molar-refractivity contribution in [1.82, 2.24) is 0 Å². The first kappa shape index (κ1) is 20.8. The summed E-state index contributed by atoms with van der Waals surface area (Å²) >= 11 is 0. The van der Waals surface area contributed by atoms with Crippen LogP contribution in [0.4, 0.5) is 0 Å². The van der Waals surface area contributed by atoms with Crippen molar-refractivity contribution in [3.05, 3.63) is 12.2 Å². The molecule has 4 rings (SSSR count). The first-order valence-corrected chi connectivity index (χ1v) is 10.00. The predicted molar refractivity (Wildman–Crippen MR) is 98.9 cm³/mol. The summed E-state index contributed by atoms with van der Waals surface area (Å²) in [6, 6.07) is 0. The summed E-state index contributed by atoms with van der Waals surface area (Å²) in [6.45, 7) is 3.10. The van der Waals surface area contributed by atoms with Gasteiger partial charge >= 0.3 is 17.9 Å². The third-order valence-corrected chi connectivity index (χ3v) is 6.02. The van der Waals surface area contributed by atoms with Gasteiger partial charge in [0.1, 0.15) is 18.3 Å². The van der Waals surface area contributed by atoms with Gasteiger partial charge in [0, 0.05) is 26.7 Å². The molecule has 0 radical (unpaired) electrons. The first-order chi connectivity index (χ1) is 14.3. The number of fused-ring (bicyclic) bond motifs is 5. The summed E-state index contributed by atoms with van der Waals surface area (Å²) in [4.78, 5) is 41.0. The second-order valence-electron chi connectivity index (χ2n) is 8.06. The third-order valence-electron chi connectivity index (χ3n) is 6.02. The number of rotatable bonds is 5. The minimum Gasteiger partial charge on any atom is -0.456 e. The van der Waals surface area contributed by atoms with Crippen LogP contribution in [0, 0.1) is 17.8 Å². The van der Waals surface area contributed by atoms with Crippen molar-refractivity contribution < 1.29 is 43.3 Å². The van der Waals surface area contributed by atoms with Crippen LogP contribution in [0.15, 0.2) is 17.3 Å². The van der Waals surface area contributed by atoms with E-state index in [4.69, 9.17) is 23.8 Å². The predicted octanol–water partition coefficient (Wildman–Crippen LogP) is 0.118. The van der Waals surface area contributed by atoms with Crippen molar-refractivity contribution in [2.75, 3.05) is 6.61 Å². The number of hydrogen-bond acceptors (Lipinski definition) is 10. The zero-order valence-corrected chi connectivity index (χ0v) is 16.9. The molecule has 30 heavy (non-hydrogen) atoms. The molecule has 0 aromatic rings. The Hall–Kier alpha value is -2.46. The maximum absolute atomic E-state index is 11.9. The van der Waals surface area contributed by atoms with Gasteiger partial charge in [0.25, 0.3) is 0 Å². The number of ether oxygens (including phenoxy) is 4. The van der Waals surface area contributed by atoms with Crippen LogP contribution in [0.5, 0.6) is 0 Å². The smallest absolute Gasteiger partial charge is 0.303 e. The number of carbonyl (C=O) groups excluding carboxylic acids is 3. The van der Waals surface area contributed by atoms with Crippen molar-refractivity contribution in [3.63, 3.8) is 0 Å². The van der Waals surface area contributed by atoms with E-state index in [1.54, 1.807) is 0 Å². The second kappa shape index (κ2) is 7.99. The molecule has 1 saturated heterocycles. The highest BCUT2D eigenvalue weighted by molar-refractivity contribution is 5.94. The Kier molecular flexibility index (Phi) is 5.54. The third kappa shape index (κ3) is 3.58. The fourth-order valence-corrected chi connectivity index (χ4v) is 5.01. The van der Waals surface area contributed by atoms with Crippen LogP contribution in [0.1, 0.15) is 27.2 Å². The molecule has 10 heteroatoms. The van der Waals surface area contributed by atoms with Gasteiger partial charge < -0.3 is 28.9 Å². The number of nitrogens with zero attached hydrogens (tertiary/aromatic N) is 1. The molecule has 0 aromatic carbocycles. The highest BCUT2D eigenvalue weighted by Crippen LogP contribution is 2.50. The standard InChI is InChI=1S/C20H25NO9/c1-8(23)26-17-13(7-22)29-18(20(28-10(3)25)19(17)27-9(2)24)15-14-11-4-5-12(6-11)16(14)30-21-15/h4-5,11-14,16-20,22H,6-7H2,1-3H3/t11?,12?,13-,14?,16?,17-,18+,19+,20-/m1/s1. The lowest BCUT2D eigenvalue weighted by atomic mass is 9.81. The summed E-state index contributed by atoms with van der Waals surface area (Å²) in [5, 5.41) is 14.1. The maximum Gasteiger partial charge on any atom is 0.303 e. The van der Waals surface area contributed by atoms with Gasteiger partial charge in [0.05, 0.1) is 18.2 Å². The van der Waals surface area contributed by atoms with Crippen LogP contribution in [0.3, 0.4) is 0 Å². The van der Waals surface area contributed by atoms with E-state index in [-0.39, 0.29) is 23.9 Å². The quantitative estimate of drug-likeness (QED) is 0.372. The van der Waals surface area contributed by atoms with Crippen molar-refractivity contribution in [1.29, 1.82) is 0 Å². The van der Waals surface area contributed by atoms with E-state index < -0.39 is 55.0 Å². The van der Waals surface area contributed by atoms with E-state index in [0.29, 0.717) is 5.71 Å². The summed E-state index contributed by atoms with van der Waals surface area (Å²) in [7, 11) is 0. The van der Waals surface area contributed by atoms with Crippen molar-refractivity contribution in [2.24, 2.45) is 22.9 Å². The average molecular weight is 423 g/mol. The van der Waals surface area contributed by atoms with Gasteiger partial charge in [-0.15, -0.1) is 0 Å². The zero-order valence-electron chi connectivity index (χ0n) is 16.9. The fraction of sp³-hybridized carbons (Fsp3) is 0.700. The Bertz CT molecular complexity index is 793. The summed E-state index contributed by atoms with van der Waals surface area (Å²) in [5.74, 6) is -1.53. The molecule has 9 atom stereocenters. The number of aliphatic hydroxyl groups excluding tert-OH is 1.